The molecule has 2 heterocycles. The molecule has 0 aliphatic rings. The summed E-state index contributed by atoms with van der Waals surface area (Å²) < 4.78 is 4.56. The zero-order valence-corrected chi connectivity index (χ0v) is 19.2. The van der Waals surface area contributed by atoms with Crippen LogP contribution in [0.1, 0.15) is 0 Å². The normalized spacial score (nSPS) is 11.3. The monoisotopic (exact) mass is 458 g/mol. The second-order valence-electron chi connectivity index (χ2n) is 8.82. The fourth-order valence-electron chi connectivity index (χ4n) is 5.44. The van der Waals surface area contributed by atoms with Gasteiger partial charge in [-0.2, -0.15) is 0 Å². The van der Waals surface area contributed by atoms with Gasteiger partial charge in [0.15, 0.2) is 11.4 Å². The highest BCUT2D eigenvalue weighted by Crippen LogP contribution is 2.40. The molecule has 0 radical (unpaired) electrons. The van der Waals surface area contributed by atoms with Gasteiger partial charge >= 0.3 is 0 Å². The van der Waals surface area contributed by atoms with Crippen LogP contribution < -0.4 is 0 Å². The van der Waals surface area contributed by atoms with Crippen LogP contribution in [-0.2, 0) is 0 Å². The van der Waals surface area contributed by atoms with Crippen LogP contribution in [0, 0.1) is 13.1 Å². The van der Waals surface area contributed by atoms with Gasteiger partial charge in [-0.25, -0.2) is 9.69 Å². The summed E-state index contributed by atoms with van der Waals surface area (Å²) >= 11 is 0. The minimum Gasteiger partial charge on any atom is -0.309 e. The molecule has 5 aromatic carbocycles. The van der Waals surface area contributed by atoms with Crippen molar-refractivity contribution in [3.8, 4) is 11.4 Å². The first-order valence-electron chi connectivity index (χ1n) is 11.7. The fourth-order valence-corrected chi connectivity index (χ4v) is 5.44. The van der Waals surface area contributed by atoms with Crippen LogP contribution in [0.4, 0.5) is 11.4 Å². The molecule has 0 aliphatic heterocycles. The number of aromatic nitrogens is 2. The van der Waals surface area contributed by atoms with E-state index in [0.717, 1.165) is 44.2 Å². The summed E-state index contributed by atoms with van der Waals surface area (Å²) in [6.45, 7) is 15.1. The lowest BCUT2D eigenvalue weighted by molar-refractivity contribution is 1.13. The molecule has 4 heteroatoms. The Bertz CT molecular complexity index is 2020. The highest BCUT2D eigenvalue weighted by atomic mass is 15.1. The first kappa shape index (κ1) is 20.1. The lowest BCUT2D eigenvalue weighted by Crippen LogP contribution is -2.00. The summed E-state index contributed by atoms with van der Waals surface area (Å²) in [6.07, 6.45) is 0. The molecule has 0 saturated heterocycles. The molecule has 0 fully saturated rings. The summed E-state index contributed by atoms with van der Waals surface area (Å²) in [4.78, 5) is 7.36. The number of para-hydroxylation sites is 3. The second kappa shape index (κ2) is 7.60. The molecule has 7 aromatic rings. The van der Waals surface area contributed by atoms with Gasteiger partial charge in [-0.3, -0.25) is 0 Å². The Kier molecular flexibility index (Phi) is 4.24. The van der Waals surface area contributed by atoms with E-state index in [9.17, 15) is 0 Å². The van der Waals surface area contributed by atoms with E-state index in [2.05, 4.69) is 85.6 Å². The van der Waals surface area contributed by atoms with Crippen molar-refractivity contribution in [1.82, 2.24) is 9.13 Å². The SMILES string of the molecule is [C-]#[N+]c1cccc(-n2c3ccc([N+]#[C-])cc3c3cccc(-n4c5ccccc5c5ccccc54)c32)c1. The molecule has 4 nitrogen and oxygen atoms in total. The number of hydrogen-bond acceptors (Lipinski definition) is 0. The molecule has 0 amide bonds. The van der Waals surface area contributed by atoms with E-state index in [1.807, 2.05) is 42.5 Å². The standard InChI is InChI=1S/C32H18N4/c1-33-21-9-7-10-23(19-21)35-30-18-17-22(34-2)20-27(30)26-13-8-16-31(32(26)35)36-28-14-5-3-11-24(28)25-12-4-6-15-29(25)36/h3-20H. The highest BCUT2D eigenvalue weighted by molar-refractivity contribution is 6.15. The van der Waals surface area contributed by atoms with Crippen LogP contribution in [0.25, 0.3) is 64.7 Å². The van der Waals surface area contributed by atoms with E-state index in [-0.39, 0.29) is 0 Å². The Morgan fingerprint density at radius 1 is 0.472 bits per heavy atom. The van der Waals surface area contributed by atoms with Crippen molar-refractivity contribution in [2.75, 3.05) is 0 Å². The topological polar surface area (TPSA) is 18.6 Å². The number of nitrogens with zero attached hydrogens (tertiary/aromatic N) is 4. The maximum Gasteiger partial charge on any atom is 0.189 e. The molecule has 0 bridgehead atoms. The van der Waals surface area contributed by atoms with E-state index in [1.54, 1.807) is 0 Å². The van der Waals surface area contributed by atoms with Crippen LogP contribution >= 0.6 is 0 Å². The summed E-state index contributed by atoms with van der Waals surface area (Å²) in [7, 11) is 0. The van der Waals surface area contributed by atoms with Gasteiger partial charge < -0.3 is 9.13 Å². The maximum atomic E-state index is 7.57. The quantitative estimate of drug-likeness (QED) is 0.230. The minimum atomic E-state index is 0.592. The predicted octanol–water partition coefficient (Wildman–Crippen LogP) is 8.98. The van der Waals surface area contributed by atoms with Crippen molar-refractivity contribution >= 4 is 55.0 Å². The van der Waals surface area contributed by atoms with Crippen molar-refractivity contribution in [3.05, 3.63) is 132 Å². The molecular weight excluding hydrogens is 440 g/mol. The van der Waals surface area contributed by atoms with Gasteiger partial charge in [0, 0.05) is 21.8 Å². The van der Waals surface area contributed by atoms with Gasteiger partial charge in [0.25, 0.3) is 0 Å². The Labute approximate surface area is 207 Å². The van der Waals surface area contributed by atoms with Crippen molar-refractivity contribution in [2.45, 2.75) is 0 Å². The maximum absolute atomic E-state index is 7.57. The van der Waals surface area contributed by atoms with Crippen molar-refractivity contribution in [1.29, 1.82) is 0 Å². The van der Waals surface area contributed by atoms with Crippen LogP contribution in [0.2, 0.25) is 0 Å². The van der Waals surface area contributed by atoms with Gasteiger partial charge in [0.2, 0.25) is 0 Å². The smallest absolute Gasteiger partial charge is 0.189 e. The molecule has 0 spiro atoms. The molecule has 7 rings (SSSR count). The lowest BCUT2D eigenvalue weighted by atomic mass is 10.1. The summed E-state index contributed by atoms with van der Waals surface area (Å²) in [6, 6.07) is 36.9. The van der Waals surface area contributed by atoms with E-state index < -0.39 is 0 Å². The van der Waals surface area contributed by atoms with E-state index in [4.69, 9.17) is 13.1 Å². The number of rotatable bonds is 2. The molecular formula is C32H18N4. The van der Waals surface area contributed by atoms with Gasteiger partial charge in [-0.15, -0.1) is 0 Å². The molecule has 0 N–H and O–H groups in total. The second-order valence-corrected chi connectivity index (χ2v) is 8.82. The highest BCUT2D eigenvalue weighted by Gasteiger charge is 2.20. The van der Waals surface area contributed by atoms with Crippen LogP contribution in [0.3, 0.4) is 0 Å². The van der Waals surface area contributed by atoms with Crippen LogP contribution in [-0.4, -0.2) is 9.13 Å². The van der Waals surface area contributed by atoms with Gasteiger partial charge in [-0.05, 0) is 47.9 Å². The zero-order valence-electron chi connectivity index (χ0n) is 19.2. The van der Waals surface area contributed by atoms with Crippen LogP contribution in [0.15, 0.2) is 109 Å². The predicted molar refractivity (Wildman–Crippen MR) is 148 cm³/mol. The molecule has 0 atom stereocenters. The third-order valence-electron chi connectivity index (χ3n) is 6.92. The minimum absolute atomic E-state index is 0.592. The van der Waals surface area contributed by atoms with E-state index in [1.165, 1.54) is 10.8 Å². The average molecular weight is 459 g/mol. The Hall–Kier alpha value is -5.32. The van der Waals surface area contributed by atoms with Crippen LogP contribution in [0.5, 0.6) is 0 Å². The Balaban J connectivity index is 1.71. The third kappa shape index (κ3) is 2.73. The average Bonchev–Trinajstić information content (AvgIpc) is 3.46. The van der Waals surface area contributed by atoms with Gasteiger partial charge in [-0.1, -0.05) is 66.7 Å². The summed E-state index contributed by atoms with van der Waals surface area (Å²) in [5.74, 6) is 0. The fraction of sp³-hybridized carbons (Fsp3) is 0. The van der Waals surface area contributed by atoms with Crippen molar-refractivity contribution in [2.24, 2.45) is 0 Å². The molecule has 2 aromatic heterocycles. The van der Waals surface area contributed by atoms with E-state index >= 15 is 0 Å². The number of hydrogen-bond donors (Lipinski definition) is 0. The van der Waals surface area contributed by atoms with Crippen molar-refractivity contribution < 1.29 is 0 Å². The first-order chi connectivity index (χ1) is 17.8. The molecule has 166 valence electrons. The lowest BCUT2D eigenvalue weighted by Gasteiger charge is -2.14. The largest absolute Gasteiger partial charge is 0.309 e. The molecule has 0 unspecified atom stereocenters. The number of benzene rings is 5. The van der Waals surface area contributed by atoms with Gasteiger partial charge in [0.05, 0.1) is 40.9 Å². The molecule has 0 saturated carbocycles. The molecule has 0 aliphatic carbocycles. The van der Waals surface area contributed by atoms with Gasteiger partial charge in [0.1, 0.15) is 0 Å². The molecule has 36 heavy (non-hydrogen) atoms. The summed E-state index contributed by atoms with van der Waals surface area (Å²) in [5, 5.41) is 4.51. The van der Waals surface area contributed by atoms with E-state index in [0.29, 0.717) is 11.4 Å². The number of fused-ring (bicyclic) bond motifs is 6. The first-order valence-corrected chi connectivity index (χ1v) is 11.7. The zero-order chi connectivity index (χ0) is 24.2. The Morgan fingerprint density at radius 3 is 1.81 bits per heavy atom. The third-order valence-corrected chi connectivity index (χ3v) is 6.92. The van der Waals surface area contributed by atoms with Crippen molar-refractivity contribution in [3.63, 3.8) is 0 Å². The summed E-state index contributed by atoms with van der Waals surface area (Å²) in [5.41, 5.74) is 7.51. The Morgan fingerprint density at radius 2 is 1.08 bits per heavy atom.